The van der Waals surface area contributed by atoms with Gasteiger partial charge in [-0.2, -0.15) is 0 Å². The molecule has 1 unspecified atom stereocenters. The average Bonchev–Trinajstić information content (AvgIpc) is 3.06. The zero-order chi connectivity index (χ0) is 17.1. The quantitative estimate of drug-likeness (QED) is 0.786. The Morgan fingerprint density at radius 2 is 1.72 bits per heavy atom. The van der Waals surface area contributed by atoms with Crippen LogP contribution in [0.3, 0.4) is 0 Å². The molecule has 0 bridgehead atoms. The lowest BCUT2D eigenvalue weighted by molar-refractivity contribution is -0.113. The summed E-state index contributed by atoms with van der Waals surface area (Å²) in [5.41, 5.74) is 2.45. The molecular formula is C21H24N2O2. The molecule has 0 aliphatic carbocycles. The summed E-state index contributed by atoms with van der Waals surface area (Å²) in [6.45, 7) is 3.24. The number of hydrogen-bond acceptors (Lipinski definition) is 4. The lowest BCUT2D eigenvalue weighted by Crippen LogP contribution is -2.49. The molecule has 0 N–H and O–H groups in total. The minimum atomic E-state index is -0.474. The van der Waals surface area contributed by atoms with E-state index in [1.807, 2.05) is 18.2 Å². The van der Waals surface area contributed by atoms with Crippen LogP contribution in [-0.2, 0) is 11.2 Å². The molecule has 0 aromatic heterocycles. The molecule has 4 nitrogen and oxygen atoms in total. The Labute approximate surface area is 149 Å². The van der Waals surface area contributed by atoms with Gasteiger partial charge in [0.2, 0.25) is 6.23 Å². The number of nitrogens with zero attached hydrogens (tertiary/aromatic N) is 2. The van der Waals surface area contributed by atoms with Crippen molar-refractivity contribution in [3.8, 4) is 5.75 Å². The van der Waals surface area contributed by atoms with E-state index >= 15 is 0 Å². The first kappa shape index (κ1) is 16.2. The molecule has 0 saturated carbocycles. The van der Waals surface area contributed by atoms with Crippen LogP contribution >= 0.6 is 0 Å². The number of para-hydroxylation sites is 2. The van der Waals surface area contributed by atoms with Crippen LogP contribution in [0.5, 0.6) is 5.75 Å². The van der Waals surface area contributed by atoms with Crippen molar-refractivity contribution in [2.75, 3.05) is 24.5 Å². The maximum absolute atomic E-state index is 11.5. The smallest absolute Gasteiger partial charge is 0.229 e. The molecule has 2 aromatic rings. The highest BCUT2D eigenvalue weighted by molar-refractivity contribution is 5.73. The van der Waals surface area contributed by atoms with E-state index in [-0.39, 0.29) is 0 Å². The van der Waals surface area contributed by atoms with E-state index in [1.165, 1.54) is 5.56 Å². The minimum absolute atomic E-state index is 0.367. The van der Waals surface area contributed by atoms with Gasteiger partial charge in [-0.05, 0) is 37.0 Å². The van der Waals surface area contributed by atoms with Crippen molar-refractivity contribution in [1.82, 2.24) is 4.90 Å². The van der Waals surface area contributed by atoms with E-state index in [9.17, 15) is 4.79 Å². The van der Waals surface area contributed by atoms with Gasteiger partial charge in [0, 0.05) is 25.7 Å². The molecule has 1 fully saturated rings. The summed E-state index contributed by atoms with van der Waals surface area (Å²) in [4.78, 5) is 16.2. The second-order valence-electron chi connectivity index (χ2n) is 6.83. The van der Waals surface area contributed by atoms with Crippen LogP contribution in [0.25, 0.3) is 0 Å². The van der Waals surface area contributed by atoms with Gasteiger partial charge in [-0.15, -0.1) is 0 Å². The first-order valence-electron chi connectivity index (χ1n) is 9.11. The monoisotopic (exact) mass is 336 g/mol. The van der Waals surface area contributed by atoms with Gasteiger partial charge in [0.25, 0.3) is 0 Å². The number of rotatable bonds is 5. The van der Waals surface area contributed by atoms with Gasteiger partial charge >= 0.3 is 0 Å². The third-order valence-corrected chi connectivity index (χ3v) is 5.29. The Bertz CT molecular complexity index is 711. The van der Waals surface area contributed by atoms with E-state index in [1.54, 1.807) is 0 Å². The van der Waals surface area contributed by atoms with Gasteiger partial charge in [0.05, 0.1) is 5.69 Å². The van der Waals surface area contributed by atoms with Gasteiger partial charge in [0.1, 0.15) is 5.75 Å². The molecule has 4 heteroatoms. The second-order valence-corrected chi connectivity index (χ2v) is 6.83. The van der Waals surface area contributed by atoms with Gasteiger partial charge in [-0.25, -0.2) is 0 Å². The number of ether oxygens (including phenoxy) is 1. The topological polar surface area (TPSA) is 32.8 Å². The SMILES string of the molecule is O=CC1Oc2ccccc2N1C1CCN(CCc2ccccc2)CC1. The summed E-state index contributed by atoms with van der Waals surface area (Å²) < 4.78 is 5.80. The molecular weight excluding hydrogens is 312 g/mol. The molecule has 2 aromatic carbocycles. The van der Waals surface area contributed by atoms with Crippen molar-refractivity contribution in [3.63, 3.8) is 0 Å². The van der Waals surface area contributed by atoms with Crippen molar-refractivity contribution in [2.45, 2.75) is 31.5 Å². The molecule has 2 aliphatic heterocycles. The minimum Gasteiger partial charge on any atom is -0.461 e. The highest BCUT2D eigenvalue weighted by atomic mass is 16.5. The van der Waals surface area contributed by atoms with Crippen LogP contribution in [0, 0.1) is 0 Å². The zero-order valence-electron chi connectivity index (χ0n) is 14.4. The van der Waals surface area contributed by atoms with Crippen molar-refractivity contribution in [2.24, 2.45) is 0 Å². The van der Waals surface area contributed by atoms with Crippen LogP contribution in [0.15, 0.2) is 54.6 Å². The van der Waals surface area contributed by atoms with E-state index in [2.05, 4.69) is 46.2 Å². The molecule has 1 atom stereocenters. The number of carbonyl (C=O) groups is 1. The van der Waals surface area contributed by atoms with E-state index in [4.69, 9.17) is 4.74 Å². The molecule has 130 valence electrons. The Balaban J connectivity index is 1.36. The van der Waals surface area contributed by atoms with Crippen molar-refractivity contribution < 1.29 is 9.53 Å². The van der Waals surface area contributed by atoms with Crippen LogP contribution in [0.2, 0.25) is 0 Å². The van der Waals surface area contributed by atoms with E-state index in [0.717, 1.165) is 56.6 Å². The maximum atomic E-state index is 11.5. The first-order valence-corrected chi connectivity index (χ1v) is 9.11. The summed E-state index contributed by atoms with van der Waals surface area (Å²) >= 11 is 0. The normalized spacial score (nSPS) is 21.0. The highest BCUT2D eigenvalue weighted by Gasteiger charge is 2.36. The summed E-state index contributed by atoms with van der Waals surface area (Å²) in [6, 6.07) is 19.0. The molecule has 25 heavy (non-hydrogen) atoms. The fourth-order valence-corrected chi connectivity index (χ4v) is 3.94. The van der Waals surface area contributed by atoms with Gasteiger partial charge in [-0.3, -0.25) is 4.79 Å². The third kappa shape index (κ3) is 3.40. The third-order valence-electron chi connectivity index (χ3n) is 5.29. The predicted octanol–water partition coefficient (Wildman–Crippen LogP) is 3.12. The number of carbonyl (C=O) groups excluding carboxylic acids is 1. The van der Waals surface area contributed by atoms with Crippen LogP contribution in [0.4, 0.5) is 5.69 Å². The van der Waals surface area contributed by atoms with Crippen molar-refractivity contribution >= 4 is 12.0 Å². The van der Waals surface area contributed by atoms with E-state index in [0.29, 0.717) is 6.04 Å². The van der Waals surface area contributed by atoms with Crippen LogP contribution in [0.1, 0.15) is 18.4 Å². The zero-order valence-corrected chi connectivity index (χ0v) is 14.4. The van der Waals surface area contributed by atoms with Crippen LogP contribution < -0.4 is 9.64 Å². The number of hydrogen-bond donors (Lipinski definition) is 0. The number of anilines is 1. The molecule has 0 spiro atoms. The Hall–Kier alpha value is -2.33. The molecule has 4 rings (SSSR count). The number of piperidine rings is 1. The van der Waals surface area contributed by atoms with E-state index < -0.39 is 6.23 Å². The lowest BCUT2D eigenvalue weighted by Gasteiger charge is -2.38. The second kappa shape index (κ2) is 7.28. The van der Waals surface area contributed by atoms with Gasteiger partial charge in [0.15, 0.2) is 6.29 Å². The fraction of sp³-hybridized carbons (Fsp3) is 0.381. The molecule has 2 heterocycles. The summed E-state index contributed by atoms with van der Waals surface area (Å²) in [5.74, 6) is 0.825. The summed E-state index contributed by atoms with van der Waals surface area (Å²) in [6.07, 6.45) is 3.67. The number of likely N-dealkylation sites (tertiary alicyclic amines) is 1. The van der Waals surface area contributed by atoms with Gasteiger partial charge < -0.3 is 14.5 Å². The Morgan fingerprint density at radius 3 is 2.48 bits per heavy atom. The van der Waals surface area contributed by atoms with Crippen LogP contribution in [-0.4, -0.2) is 43.1 Å². The van der Waals surface area contributed by atoms with Crippen molar-refractivity contribution in [3.05, 3.63) is 60.2 Å². The summed E-state index contributed by atoms with van der Waals surface area (Å²) in [7, 11) is 0. The molecule has 0 amide bonds. The van der Waals surface area contributed by atoms with Crippen molar-refractivity contribution in [1.29, 1.82) is 0 Å². The average molecular weight is 336 g/mol. The maximum Gasteiger partial charge on any atom is 0.229 e. The first-order chi connectivity index (χ1) is 12.3. The molecule has 1 saturated heterocycles. The summed E-state index contributed by atoms with van der Waals surface area (Å²) in [5, 5.41) is 0. The number of aldehydes is 1. The Morgan fingerprint density at radius 1 is 1.00 bits per heavy atom. The highest BCUT2D eigenvalue weighted by Crippen LogP contribution is 2.39. The predicted molar refractivity (Wildman–Crippen MR) is 99.0 cm³/mol. The lowest BCUT2D eigenvalue weighted by atomic mass is 10.0. The largest absolute Gasteiger partial charge is 0.461 e. The Kier molecular flexibility index (Phi) is 4.70. The molecule has 2 aliphatic rings. The number of benzene rings is 2. The number of fused-ring (bicyclic) bond motifs is 1. The van der Waals surface area contributed by atoms with Gasteiger partial charge in [-0.1, -0.05) is 42.5 Å². The fourth-order valence-electron chi connectivity index (χ4n) is 3.94. The standard InChI is InChI=1S/C21H24N2O2/c24-16-21-23(19-8-4-5-9-20(19)25-21)18-11-14-22(15-12-18)13-10-17-6-2-1-3-7-17/h1-9,16,18,21H,10-15H2. The molecule has 0 radical (unpaired) electrons.